The molecule has 0 spiro atoms. The van der Waals surface area contributed by atoms with Crippen LogP contribution < -0.4 is 5.73 Å². The van der Waals surface area contributed by atoms with Crippen LogP contribution in [0.2, 0.25) is 0 Å². The van der Waals surface area contributed by atoms with Gasteiger partial charge in [0.15, 0.2) is 0 Å². The highest BCUT2D eigenvalue weighted by atomic mass is 32.1. The highest BCUT2D eigenvalue weighted by Gasteiger charge is 2.04. The normalized spacial score (nSPS) is 11.8. The minimum atomic E-state index is -0.683. The van der Waals surface area contributed by atoms with Crippen LogP contribution in [-0.2, 0) is 0 Å². The van der Waals surface area contributed by atoms with Crippen LogP contribution in [0, 0.1) is 11.6 Å². The first-order valence-corrected chi connectivity index (χ1v) is 3.72. The molecule has 0 fully saturated rings. The van der Waals surface area contributed by atoms with Crippen molar-refractivity contribution in [2.24, 2.45) is 5.73 Å². The lowest BCUT2D eigenvalue weighted by atomic mass is 10.1. The molecule has 0 saturated heterocycles. The molecule has 12 heavy (non-hydrogen) atoms. The Bertz CT molecular complexity index is 323. The van der Waals surface area contributed by atoms with Gasteiger partial charge in [-0.3, -0.25) is 0 Å². The highest BCUT2D eigenvalue weighted by Crippen LogP contribution is 2.15. The summed E-state index contributed by atoms with van der Waals surface area (Å²) in [6.07, 6.45) is 0. The van der Waals surface area contributed by atoms with E-state index in [2.05, 4.69) is 12.6 Å². The third-order valence-corrected chi connectivity index (χ3v) is 1.66. The molecule has 1 nitrogen and oxygen atoms in total. The number of hydrogen-bond acceptors (Lipinski definition) is 2. The molecule has 2 N–H and O–H groups in total. The van der Waals surface area contributed by atoms with E-state index in [1.807, 2.05) is 0 Å². The van der Waals surface area contributed by atoms with Crippen LogP contribution in [0.25, 0.3) is 5.70 Å². The molecule has 4 heteroatoms. The summed E-state index contributed by atoms with van der Waals surface area (Å²) in [5.74, 6) is -1.30. The van der Waals surface area contributed by atoms with E-state index in [-0.39, 0.29) is 11.3 Å². The van der Waals surface area contributed by atoms with Gasteiger partial charge in [-0.15, -0.1) is 12.6 Å². The Morgan fingerprint density at radius 1 is 1.42 bits per heavy atom. The first-order chi connectivity index (χ1) is 5.65. The van der Waals surface area contributed by atoms with E-state index >= 15 is 0 Å². The molecule has 0 amide bonds. The predicted octanol–water partition coefficient (Wildman–Crippen LogP) is 2.15. The van der Waals surface area contributed by atoms with Crippen molar-refractivity contribution in [2.45, 2.75) is 0 Å². The molecule has 0 saturated carbocycles. The van der Waals surface area contributed by atoms with Gasteiger partial charge in [0.2, 0.25) is 0 Å². The number of rotatable bonds is 1. The molecule has 1 aromatic carbocycles. The maximum atomic E-state index is 12.9. The number of thiol groups is 1. The van der Waals surface area contributed by atoms with Crippen LogP contribution in [0.15, 0.2) is 23.6 Å². The summed E-state index contributed by atoms with van der Waals surface area (Å²) in [5.41, 5.74) is 5.70. The van der Waals surface area contributed by atoms with Gasteiger partial charge in [0.25, 0.3) is 0 Å². The lowest BCUT2D eigenvalue weighted by Gasteiger charge is -2.01. The number of benzene rings is 1. The van der Waals surface area contributed by atoms with Gasteiger partial charge < -0.3 is 5.73 Å². The summed E-state index contributed by atoms with van der Waals surface area (Å²) in [4.78, 5) is 0. The van der Waals surface area contributed by atoms with Crippen molar-refractivity contribution in [3.8, 4) is 0 Å². The van der Waals surface area contributed by atoms with Gasteiger partial charge in [-0.25, -0.2) is 8.78 Å². The van der Waals surface area contributed by atoms with Crippen LogP contribution in [0.3, 0.4) is 0 Å². The predicted molar refractivity (Wildman–Crippen MR) is 47.5 cm³/mol. The average Bonchev–Trinajstić information content (AvgIpc) is 2.03. The molecule has 0 aliphatic carbocycles. The lowest BCUT2D eigenvalue weighted by Crippen LogP contribution is -1.98. The van der Waals surface area contributed by atoms with Gasteiger partial charge in [-0.1, -0.05) is 0 Å². The molecule has 0 atom stereocenters. The second kappa shape index (κ2) is 3.58. The molecule has 1 rings (SSSR count). The Labute approximate surface area is 74.3 Å². The molecule has 0 radical (unpaired) electrons. The molecule has 0 heterocycles. The summed E-state index contributed by atoms with van der Waals surface area (Å²) >= 11 is 3.75. The second-order valence-corrected chi connectivity index (χ2v) is 2.47. The first-order valence-electron chi connectivity index (χ1n) is 3.20. The number of hydrogen-bond donors (Lipinski definition) is 2. The third-order valence-electron chi connectivity index (χ3n) is 1.38. The van der Waals surface area contributed by atoms with Gasteiger partial charge in [0.1, 0.15) is 11.6 Å². The van der Waals surface area contributed by atoms with Crippen LogP contribution >= 0.6 is 12.6 Å². The average molecular weight is 187 g/mol. The molecule has 0 aliphatic rings. The van der Waals surface area contributed by atoms with Gasteiger partial charge in [0.05, 0.1) is 0 Å². The third kappa shape index (κ3) is 1.76. The fourth-order valence-electron chi connectivity index (χ4n) is 0.793. The summed E-state index contributed by atoms with van der Waals surface area (Å²) in [6, 6.07) is 3.19. The van der Waals surface area contributed by atoms with Crippen molar-refractivity contribution in [3.05, 3.63) is 40.8 Å². The Balaban J connectivity index is 3.18. The maximum Gasteiger partial charge on any atom is 0.135 e. The van der Waals surface area contributed by atoms with Crippen LogP contribution in [0.4, 0.5) is 8.78 Å². The molecule has 0 unspecified atom stereocenters. The van der Waals surface area contributed by atoms with Crippen LogP contribution in [0.1, 0.15) is 5.56 Å². The lowest BCUT2D eigenvalue weighted by molar-refractivity contribution is 0.581. The maximum absolute atomic E-state index is 12.9. The summed E-state index contributed by atoms with van der Waals surface area (Å²) < 4.78 is 25.3. The summed E-state index contributed by atoms with van der Waals surface area (Å²) in [7, 11) is 0. The Morgan fingerprint density at radius 2 is 2.08 bits per heavy atom. The molecule has 0 aliphatic heterocycles. The smallest absolute Gasteiger partial charge is 0.135 e. The number of halogens is 2. The van der Waals surface area contributed by atoms with Crippen LogP contribution in [-0.4, -0.2) is 0 Å². The zero-order valence-electron chi connectivity index (χ0n) is 6.09. The molecule has 0 bridgehead atoms. The minimum absolute atomic E-state index is 0.159. The number of nitrogens with two attached hydrogens (primary N) is 1. The molecular formula is C8H7F2NS. The van der Waals surface area contributed by atoms with Gasteiger partial charge in [-0.05, 0) is 17.5 Å². The zero-order valence-corrected chi connectivity index (χ0v) is 6.98. The van der Waals surface area contributed by atoms with Crippen molar-refractivity contribution < 1.29 is 8.78 Å². The largest absolute Gasteiger partial charge is 0.398 e. The topological polar surface area (TPSA) is 26.0 Å². The summed E-state index contributed by atoms with van der Waals surface area (Å²) in [6.45, 7) is 0. The monoisotopic (exact) mass is 187 g/mol. The summed E-state index contributed by atoms with van der Waals surface area (Å²) in [5, 5.41) is 1.26. The highest BCUT2D eigenvalue weighted by molar-refractivity contribution is 7.83. The first kappa shape index (κ1) is 9.06. The van der Waals surface area contributed by atoms with Crippen molar-refractivity contribution in [3.63, 3.8) is 0 Å². The van der Waals surface area contributed by atoms with E-state index in [4.69, 9.17) is 5.73 Å². The van der Waals surface area contributed by atoms with E-state index < -0.39 is 11.6 Å². The molecule has 0 aromatic heterocycles. The van der Waals surface area contributed by atoms with Crippen molar-refractivity contribution in [1.29, 1.82) is 0 Å². The Kier molecular flexibility index (Phi) is 2.70. The minimum Gasteiger partial charge on any atom is -0.398 e. The Morgan fingerprint density at radius 3 is 2.58 bits per heavy atom. The van der Waals surface area contributed by atoms with E-state index in [0.717, 1.165) is 12.1 Å². The van der Waals surface area contributed by atoms with E-state index in [9.17, 15) is 8.78 Å². The second-order valence-electron chi connectivity index (χ2n) is 2.21. The van der Waals surface area contributed by atoms with E-state index in [0.29, 0.717) is 0 Å². The van der Waals surface area contributed by atoms with Crippen LogP contribution in [0.5, 0.6) is 0 Å². The fourth-order valence-corrected chi connectivity index (χ4v) is 0.932. The SMILES string of the molecule is N/C(=C\S)c1ccc(F)cc1F. The molecule has 64 valence electrons. The zero-order chi connectivity index (χ0) is 9.14. The van der Waals surface area contributed by atoms with Crippen molar-refractivity contribution >= 4 is 18.3 Å². The van der Waals surface area contributed by atoms with Gasteiger partial charge >= 0.3 is 0 Å². The standard InChI is InChI=1S/C8H7F2NS/c9-5-1-2-6(7(10)3-5)8(11)4-12/h1-4,12H,11H2/b8-4-. The Hall–Kier alpha value is -1.03. The molecule has 1 aromatic rings. The van der Waals surface area contributed by atoms with Crippen molar-refractivity contribution in [2.75, 3.05) is 0 Å². The quantitative estimate of drug-likeness (QED) is 0.647. The molecular weight excluding hydrogens is 180 g/mol. The van der Waals surface area contributed by atoms with E-state index in [1.165, 1.54) is 11.5 Å². The van der Waals surface area contributed by atoms with Crippen molar-refractivity contribution in [1.82, 2.24) is 0 Å². The van der Waals surface area contributed by atoms with Gasteiger partial charge in [0, 0.05) is 17.3 Å². The van der Waals surface area contributed by atoms with E-state index in [1.54, 1.807) is 0 Å². The van der Waals surface area contributed by atoms with Gasteiger partial charge in [-0.2, -0.15) is 0 Å². The fraction of sp³-hybridized carbons (Fsp3) is 0.